The Morgan fingerprint density at radius 1 is 1.07 bits per heavy atom. The zero-order valence-electron chi connectivity index (χ0n) is 15.4. The number of nitrogens with zero attached hydrogens (tertiary/aromatic N) is 3. The number of fused-ring (bicyclic) bond motifs is 1. The molecule has 3 amide bonds. The third-order valence-electron chi connectivity index (χ3n) is 4.78. The highest BCUT2D eigenvalue weighted by atomic mass is 16.2. The van der Waals surface area contributed by atoms with Gasteiger partial charge in [0.25, 0.3) is 0 Å². The van der Waals surface area contributed by atoms with Crippen LogP contribution in [-0.4, -0.2) is 59.5 Å². The van der Waals surface area contributed by atoms with Gasteiger partial charge in [-0.05, 0) is 35.7 Å². The quantitative estimate of drug-likeness (QED) is 0.648. The molecule has 28 heavy (non-hydrogen) atoms. The van der Waals surface area contributed by atoms with Crippen LogP contribution in [0, 0.1) is 0 Å². The summed E-state index contributed by atoms with van der Waals surface area (Å²) in [4.78, 5) is 35.8. The van der Waals surface area contributed by atoms with Crippen LogP contribution >= 0.6 is 0 Å². The van der Waals surface area contributed by atoms with Crippen molar-refractivity contribution in [3.8, 4) is 0 Å². The largest absolute Gasteiger partial charge is 0.361 e. The molecule has 0 atom stereocenters. The second-order valence-corrected chi connectivity index (χ2v) is 6.65. The number of rotatable bonds is 4. The van der Waals surface area contributed by atoms with Crippen molar-refractivity contribution in [2.75, 3.05) is 42.9 Å². The summed E-state index contributed by atoms with van der Waals surface area (Å²) in [5.74, 6) is 0.660. The van der Waals surface area contributed by atoms with Crippen LogP contribution in [0.5, 0.6) is 0 Å². The van der Waals surface area contributed by atoms with Crippen molar-refractivity contribution in [3.05, 3.63) is 54.9 Å². The summed E-state index contributed by atoms with van der Waals surface area (Å²) in [7, 11) is 0. The molecule has 2 aromatic heterocycles. The molecule has 1 aliphatic rings. The molecule has 1 fully saturated rings. The third kappa shape index (κ3) is 4.06. The summed E-state index contributed by atoms with van der Waals surface area (Å²) in [6, 6.07) is 13.2. The number of aromatic amines is 1. The maximum absolute atomic E-state index is 12.3. The molecule has 0 radical (unpaired) electrons. The lowest BCUT2D eigenvalue weighted by Crippen LogP contribution is -2.52. The van der Waals surface area contributed by atoms with Gasteiger partial charge in [0.05, 0.1) is 6.54 Å². The van der Waals surface area contributed by atoms with E-state index in [2.05, 4.69) is 25.5 Å². The van der Waals surface area contributed by atoms with Gasteiger partial charge in [0.15, 0.2) is 0 Å². The van der Waals surface area contributed by atoms with Gasteiger partial charge in [-0.3, -0.25) is 4.79 Å². The number of pyridine rings is 1. The van der Waals surface area contributed by atoms with Gasteiger partial charge in [-0.2, -0.15) is 0 Å². The van der Waals surface area contributed by atoms with E-state index in [1.807, 2.05) is 48.7 Å². The predicted molar refractivity (Wildman–Crippen MR) is 108 cm³/mol. The number of anilines is 2. The Morgan fingerprint density at radius 3 is 2.71 bits per heavy atom. The number of carbonyl (C=O) groups excluding carboxylic acids is 2. The number of piperazine rings is 1. The number of hydrogen-bond acceptors (Lipinski definition) is 4. The van der Waals surface area contributed by atoms with Gasteiger partial charge < -0.3 is 25.4 Å². The SMILES string of the molecule is O=C(CNC(=O)N1CCN(c2ccccn2)CC1)Nc1ccc2cc[nH]c2c1. The fraction of sp³-hybridized carbons (Fsp3) is 0.250. The first-order valence-electron chi connectivity index (χ1n) is 9.25. The first-order chi connectivity index (χ1) is 13.7. The second kappa shape index (κ2) is 7.99. The standard InChI is InChI=1S/C20H22N6O2/c27-19(24-16-5-4-15-6-8-21-17(15)13-16)14-23-20(28)26-11-9-25(10-12-26)18-3-1-2-7-22-18/h1-8,13,21H,9-12,14H2,(H,23,28)(H,24,27). The Hall–Kier alpha value is -3.55. The van der Waals surface area contributed by atoms with Crippen LogP contribution in [-0.2, 0) is 4.79 Å². The molecule has 1 aliphatic heterocycles. The second-order valence-electron chi connectivity index (χ2n) is 6.65. The summed E-state index contributed by atoms with van der Waals surface area (Å²) < 4.78 is 0. The molecule has 0 unspecified atom stereocenters. The molecular formula is C20H22N6O2. The lowest BCUT2D eigenvalue weighted by atomic mass is 10.2. The number of aromatic nitrogens is 2. The van der Waals surface area contributed by atoms with Crippen LogP contribution in [0.4, 0.5) is 16.3 Å². The Kier molecular flexibility index (Phi) is 5.09. The Bertz CT molecular complexity index is 963. The van der Waals surface area contributed by atoms with Crippen LogP contribution in [0.25, 0.3) is 10.9 Å². The number of nitrogens with one attached hydrogen (secondary N) is 3. The zero-order valence-corrected chi connectivity index (χ0v) is 15.4. The van der Waals surface area contributed by atoms with Crippen molar-refractivity contribution in [2.45, 2.75) is 0 Å². The van der Waals surface area contributed by atoms with Gasteiger partial charge in [-0.25, -0.2) is 9.78 Å². The van der Waals surface area contributed by atoms with Crippen LogP contribution in [0.3, 0.4) is 0 Å². The van der Waals surface area contributed by atoms with Gasteiger partial charge in [-0.15, -0.1) is 0 Å². The number of benzene rings is 1. The maximum Gasteiger partial charge on any atom is 0.317 e. The molecule has 0 aliphatic carbocycles. The van der Waals surface area contributed by atoms with E-state index in [0.29, 0.717) is 31.9 Å². The molecular weight excluding hydrogens is 356 g/mol. The summed E-state index contributed by atoms with van der Waals surface area (Å²) in [6.07, 6.45) is 3.62. The lowest BCUT2D eigenvalue weighted by molar-refractivity contribution is -0.115. The molecule has 8 heteroatoms. The smallest absolute Gasteiger partial charge is 0.317 e. The van der Waals surface area contributed by atoms with E-state index in [9.17, 15) is 9.59 Å². The average Bonchev–Trinajstić information content (AvgIpc) is 3.21. The Balaban J connectivity index is 1.23. The summed E-state index contributed by atoms with van der Waals surface area (Å²) in [5, 5.41) is 6.57. The van der Waals surface area contributed by atoms with E-state index >= 15 is 0 Å². The first kappa shape index (κ1) is 17.8. The molecule has 1 saturated heterocycles. The van der Waals surface area contributed by atoms with Gasteiger partial charge >= 0.3 is 6.03 Å². The number of amides is 3. The van der Waals surface area contributed by atoms with Crippen molar-refractivity contribution in [2.24, 2.45) is 0 Å². The summed E-state index contributed by atoms with van der Waals surface area (Å²) in [6.45, 7) is 2.54. The molecule has 3 aromatic rings. The van der Waals surface area contributed by atoms with Crippen molar-refractivity contribution in [1.29, 1.82) is 0 Å². The first-order valence-corrected chi connectivity index (χ1v) is 9.25. The molecule has 4 rings (SSSR count). The minimum Gasteiger partial charge on any atom is -0.361 e. The normalized spacial score (nSPS) is 14.1. The van der Waals surface area contributed by atoms with Crippen LogP contribution in [0.1, 0.15) is 0 Å². The Labute approximate surface area is 162 Å². The molecule has 144 valence electrons. The molecule has 8 nitrogen and oxygen atoms in total. The molecule has 0 spiro atoms. The average molecular weight is 378 g/mol. The van der Waals surface area contributed by atoms with E-state index < -0.39 is 0 Å². The fourth-order valence-electron chi connectivity index (χ4n) is 3.28. The van der Waals surface area contributed by atoms with Crippen LogP contribution in [0.15, 0.2) is 54.9 Å². The van der Waals surface area contributed by atoms with E-state index in [4.69, 9.17) is 0 Å². The molecule has 3 heterocycles. The minimum absolute atomic E-state index is 0.0674. The summed E-state index contributed by atoms with van der Waals surface area (Å²) in [5.41, 5.74) is 1.64. The molecule has 0 saturated carbocycles. The van der Waals surface area contributed by atoms with Gasteiger partial charge in [-0.1, -0.05) is 12.1 Å². The number of carbonyl (C=O) groups is 2. The van der Waals surface area contributed by atoms with E-state index in [1.54, 1.807) is 11.1 Å². The number of H-pyrrole nitrogens is 1. The van der Waals surface area contributed by atoms with Gasteiger partial charge in [0, 0.05) is 49.8 Å². The third-order valence-corrected chi connectivity index (χ3v) is 4.78. The van der Waals surface area contributed by atoms with Crippen molar-refractivity contribution < 1.29 is 9.59 Å². The number of hydrogen-bond donors (Lipinski definition) is 3. The van der Waals surface area contributed by atoms with Crippen LogP contribution < -0.4 is 15.5 Å². The van der Waals surface area contributed by atoms with Crippen molar-refractivity contribution in [3.63, 3.8) is 0 Å². The molecule has 3 N–H and O–H groups in total. The molecule has 1 aromatic carbocycles. The Morgan fingerprint density at radius 2 is 1.93 bits per heavy atom. The maximum atomic E-state index is 12.3. The van der Waals surface area contributed by atoms with E-state index in [0.717, 1.165) is 16.7 Å². The van der Waals surface area contributed by atoms with Crippen LogP contribution in [0.2, 0.25) is 0 Å². The topological polar surface area (TPSA) is 93.4 Å². The van der Waals surface area contributed by atoms with Gasteiger partial charge in [0.2, 0.25) is 5.91 Å². The highest BCUT2D eigenvalue weighted by Crippen LogP contribution is 2.17. The zero-order chi connectivity index (χ0) is 19.3. The highest BCUT2D eigenvalue weighted by Gasteiger charge is 2.22. The number of urea groups is 1. The fourth-order valence-corrected chi connectivity index (χ4v) is 3.28. The van der Waals surface area contributed by atoms with E-state index in [1.165, 1.54) is 0 Å². The highest BCUT2D eigenvalue weighted by molar-refractivity contribution is 5.96. The van der Waals surface area contributed by atoms with Crippen molar-refractivity contribution >= 4 is 34.3 Å². The molecule has 0 bridgehead atoms. The predicted octanol–water partition coefficient (Wildman–Crippen LogP) is 2.03. The summed E-state index contributed by atoms with van der Waals surface area (Å²) >= 11 is 0. The van der Waals surface area contributed by atoms with Gasteiger partial charge in [0.1, 0.15) is 5.82 Å². The van der Waals surface area contributed by atoms with Crippen molar-refractivity contribution in [1.82, 2.24) is 20.2 Å². The minimum atomic E-state index is -0.258. The lowest BCUT2D eigenvalue weighted by Gasteiger charge is -2.35. The van der Waals surface area contributed by atoms with E-state index in [-0.39, 0.29) is 18.5 Å². The monoisotopic (exact) mass is 378 g/mol.